The van der Waals surface area contributed by atoms with Gasteiger partial charge in [0.15, 0.2) is 17.4 Å². The van der Waals surface area contributed by atoms with Crippen LogP contribution in [-0.4, -0.2) is 30.0 Å². The van der Waals surface area contributed by atoms with Gasteiger partial charge in [-0.3, -0.25) is 4.79 Å². The van der Waals surface area contributed by atoms with E-state index in [1.165, 1.54) is 29.5 Å². The average molecular weight is 365 g/mol. The van der Waals surface area contributed by atoms with Crippen molar-refractivity contribution in [2.75, 3.05) is 23.8 Å². The zero-order valence-electron chi connectivity index (χ0n) is 14.0. The number of thiazole rings is 1. The van der Waals surface area contributed by atoms with Gasteiger partial charge in [0.05, 0.1) is 5.69 Å². The average Bonchev–Trinajstić information content (AvgIpc) is 3.03. The van der Waals surface area contributed by atoms with E-state index < -0.39 is 24.3 Å². The van der Waals surface area contributed by atoms with Gasteiger partial charge in [0.1, 0.15) is 5.82 Å². The lowest BCUT2D eigenvalue weighted by atomic mass is 10.1. The lowest BCUT2D eigenvalue weighted by molar-refractivity contribution is -0.119. The summed E-state index contributed by atoms with van der Waals surface area (Å²) in [6, 6.07) is 5.75. The van der Waals surface area contributed by atoms with Gasteiger partial charge < -0.3 is 15.4 Å². The normalized spacial score (nSPS) is 10.6. The molecule has 25 heavy (non-hydrogen) atoms. The standard InChI is InChI=1S/C17H20FN3O3S/c1-11(2)7-8-19-17-21-14(10-25-17)16(23)24-9-15(22)20-13-6-4-3-5-12(13)18/h3-6,10-11H,7-9H2,1-2H3,(H,19,21)(H,20,22). The second-order valence-corrected chi connectivity index (χ2v) is 6.61. The van der Waals surface area contributed by atoms with Crippen LogP contribution < -0.4 is 10.6 Å². The van der Waals surface area contributed by atoms with Crippen LogP contribution in [0.5, 0.6) is 0 Å². The van der Waals surface area contributed by atoms with Crippen molar-refractivity contribution in [3.05, 3.63) is 41.2 Å². The van der Waals surface area contributed by atoms with Crippen molar-refractivity contribution in [3.63, 3.8) is 0 Å². The number of ether oxygens (including phenoxy) is 1. The topological polar surface area (TPSA) is 80.3 Å². The fourth-order valence-electron chi connectivity index (χ4n) is 1.87. The summed E-state index contributed by atoms with van der Waals surface area (Å²) in [6.45, 7) is 4.50. The molecule has 0 radical (unpaired) electrons. The number of para-hydroxylation sites is 1. The Hall–Kier alpha value is -2.48. The van der Waals surface area contributed by atoms with E-state index >= 15 is 0 Å². The summed E-state index contributed by atoms with van der Waals surface area (Å²) >= 11 is 1.30. The molecule has 0 saturated carbocycles. The van der Waals surface area contributed by atoms with Crippen LogP contribution in [0, 0.1) is 11.7 Å². The first kappa shape index (κ1) is 18.9. The highest BCUT2D eigenvalue weighted by Crippen LogP contribution is 2.17. The van der Waals surface area contributed by atoms with Gasteiger partial charge in [-0.15, -0.1) is 11.3 Å². The third kappa shape index (κ3) is 6.15. The number of rotatable bonds is 8. The summed E-state index contributed by atoms with van der Waals surface area (Å²) in [5.41, 5.74) is 0.171. The van der Waals surface area contributed by atoms with Crippen molar-refractivity contribution in [1.29, 1.82) is 0 Å². The Morgan fingerprint density at radius 1 is 1.32 bits per heavy atom. The zero-order chi connectivity index (χ0) is 18.2. The van der Waals surface area contributed by atoms with Gasteiger partial charge in [0, 0.05) is 11.9 Å². The van der Waals surface area contributed by atoms with E-state index in [-0.39, 0.29) is 11.4 Å². The number of esters is 1. The van der Waals surface area contributed by atoms with Crippen LogP contribution in [-0.2, 0) is 9.53 Å². The second kappa shape index (κ2) is 9.12. The maximum Gasteiger partial charge on any atom is 0.358 e. The number of hydrogen-bond donors (Lipinski definition) is 2. The molecule has 0 spiro atoms. The smallest absolute Gasteiger partial charge is 0.358 e. The predicted octanol–water partition coefficient (Wildman–Crippen LogP) is 3.54. The van der Waals surface area contributed by atoms with Crippen LogP contribution in [0.1, 0.15) is 30.8 Å². The Morgan fingerprint density at radius 3 is 2.80 bits per heavy atom. The molecule has 1 aromatic carbocycles. The van der Waals surface area contributed by atoms with Gasteiger partial charge in [-0.25, -0.2) is 14.2 Å². The van der Waals surface area contributed by atoms with Crippen molar-refractivity contribution >= 4 is 34.0 Å². The van der Waals surface area contributed by atoms with Gasteiger partial charge in [0.25, 0.3) is 5.91 Å². The summed E-state index contributed by atoms with van der Waals surface area (Å²) in [5.74, 6) is -1.30. The Morgan fingerprint density at radius 2 is 2.08 bits per heavy atom. The van der Waals surface area contributed by atoms with Gasteiger partial charge in [-0.05, 0) is 24.5 Å². The lowest BCUT2D eigenvalue weighted by Crippen LogP contribution is -2.21. The van der Waals surface area contributed by atoms with Gasteiger partial charge in [-0.1, -0.05) is 26.0 Å². The molecule has 0 aliphatic rings. The highest BCUT2D eigenvalue weighted by Gasteiger charge is 2.15. The fraction of sp³-hybridized carbons (Fsp3) is 0.353. The number of amides is 1. The van der Waals surface area contributed by atoms with Crippen molar-refractivity contribution in [3.8, 4) is 0 Å². The largest absolute Gasteiger partial charge is 0.451 e. The highest BCUT2D eigenvalue weighted by atomic mass is 32.1. The van der Waals surface area contributed by atoms with Crippen LogP contribution >= 0.6 is 11.3 Å². The molecule has 1 heterocycles. The van der Waals surface area contributed by atoms with E-state index in [0.29, 0.717) is 11.0 Å². The summed E-state index contributed by atoms with van der Waals surface area (Å²) in [7, 11) is 0. The number of nitrogens with zero attached hydrogens (tertiary/aromatic N) is 1. The summed E-state index contributed by atoms with van der Waals surface area (Å²) in [4.78, 5) is 27.8. The van der Waals surface area contributed by atoms with E-state index in [2.05, 4.69) is 29.5 Å². The van der Waals surface area contributed by atoms with E-state index in [0.717, 1.165) is 13.0 Å². The van der Waals surface area contributed by atoms with E-state index in [4.69, 9.17) is 4.74 Å². The minimum Gasteiger partial charge on any atom is -0.451 e. The van der Waals surface area contributed by atoms with Crippen LogP contribution in [0.15, 0.2) is 29.6 Å². The first-order valence-corrected chi connectivity index (χ1v) is 8.74. The maximum absolute atomic E-state index is 13.4. The number of carbonyl (C=O) groups excluding carboxylic acids is 2. The molecule has 134 valence electrons. The monoisotopic (exact) mass is 365 g/mol. The molecule has 0 atom stereocenters. The molecule has 0 unspecified atom stereocenters. The molecule has 0 saturated heterocycles. The Kier molecular flexibility index (Phi) is 6.88. The fourth-order valence-corrected chi connectivity index (χ4v) is 2.58. The van der Waals surface area contributed by atoms with Crippen molar-refractivity contribution in [1.82, 2.24) is 4.98 Å². The van der Waals surface area contributed by atoms with Crippen molar-refractivity contribution in [2.24, 2.45) is 5.92 Å². The zero-order valence-corrected chi connectivity index (χ0v) is 14.9. The molecule has 0 aliphatic carbocycles. The number of anilines is 2. The summed E-state index contributed by atoms with van der Waals surface area (Å²) in [5, 5.41) is 7.67. The SMILES string of the molecule is CC(C)CCNc1nc(C(=O)OCC(=O)Nc2ccccc2F)cs1. The first-order valence-electron chi connectivity index (χ1n) is 7.86. The first-order chi connectivity index (χ1) is 12.0. The molecule has 0 fully saturated rings. The molecule has 0 aliphatic heterocycles. The lowest BCUT2D eigenvalue weighted by Gasteiger charge is -2.06. The van der Waals surface area contributed by atoms with Gasteiger partial charge >= 0.3 is 5.97 Å². The number of halogens is 1. The Balaban J connectivity index is 1.79. The Labute approximate surface area is 149 Å². The number of carbonyl (C=O) groups is 2. The molecule has 1 aromatic heterocycles. The number of hydrogen-bond acceptors (Lipinski definition) is 6. The molecule has 2 rings (SSSR count). The third-order valence-electron chi connectivity index (χ3n) is 3.19. The summed E-state index contributed by atoms with van der Waals surface area (Å²) in [6.07, 6.45) is 0.996. The van der Waals surface area contributed by atoms with Crippen molar-refractivity contribution < 1.29 is 18.7 Å². The number of aromatic nitrogens is 1. The van der Waals surface area contributed by atoms with Crippen LogP contribution in [0.25, 0.3) is 0 Å². The van der Waals surface area contributed by atoms with E-state index in [1.54, 1.807) is 11.4 Å². The maximum atomic E-state index is 13.4. The second-order valence-electron chi connectivity index (χ2n) is 5.75. The highest BCUT2D eigenvalue weighted by molar-refractivity contribution is 7.13. The number of nitrogens with one attached hydrogen (secondary N) is 2. The minimum atomic E-state index is -0.697. The van der Waals surface area contributed by atoms with Crippen LogP contribution in [0.3, 0.4) is 0 Å². The van der Waals surface area contributed by atoms with E-state index in [9.17, 15) is 14.0 Å². The molecule has 0 bridgehead atoms. The molecule has 6 nitrogen and oxygen atoms in total. The minimum absolute atomic E-state index is 0.0360. The quantitative estimate of drug-likeness (QED) is 0.700. The molecule has 8 heteroatoms. The molecule has 2 N–H and O–H groups in total. The van der Waals surface area contributed by atoms with Crippen LogP contribution in [0.2, 0.25) is 0 Å². The molecular weight excluding hydrogens is 345 g/mol. The third-order valence-corrected chi connectivity index (χ3v) is 3.99. The Bertz CT molecular complexity index is 733. The van der Waals surface area contributed by atoms with Gasteiger partial charge in [0.2, 0.25) is 0 Å². The number of benzene rings is 1. The van der Waals surface area contributed by atoms with E-state index in [1.807, 2.05) is 0 Å². The molecule has 1 amide bonds. The van der Waals surface area contributed by atoms with Crippen LogP contribution in [0.4, 0.5) is 15.2 Å². The van der Waals surface area contributed by atoms with Gasteiger partial charge in [-0.2, -0.15) is 0 Å². The van der Waals surface area contributed by atoms with Crippen molar-refractivity contribution in [2.45, 2.75) is 20.3 Å². The molecule has 2 aromatic rings. The summed E-state index contributed by atoms with van der Waals surface area (Å²) < 4.78 is 18.3. The molecular formula is C17H20FN3O3S. The predicted molar refractivity (Wildman–Crippen MR) is 95.4 cm³/mol.